The lowest BCUT2D eigenvalue weighted by Crippen LogP contribution is -2.30. The Kier molecular flexibility index (Phi) is 4.74. The van der Waals surface area contributed by atoms with Crippen molar-refractivity contribution in [3.05, 3.63) is 92.3 Å². The molecule has 0 radical (unpaired) electrons. The maximum atomic E-state index is 13.6. The summed E-state index contributed by atoms with van der Waals surface area (Å²) in [5, 5.41) is 14.5. The van der Waals surface area contributed by atoms with Gasteiger partial charge < -0.3 is 20.1 Å². The molecule has 2 heterocycles. The number of benzene rings is 2. The summed E-state index contributed by atoms with van der Waals surface area (Å²) in [4.78, 5) is 17.6. The summed E-state index contributed by atoms with van der Waals surface area (Å²) >= 11 is 0. The van der Waals surface area contributed by atoms with Crippen molar-refractivity contribution >= 4 is 22.8 Å². The number of hydrogen-bond donors (Lipinski definition) is 0. The van der Waals surface area contributed by atoms with Gasteiger partial charge in [0.15, 0.2) is 0 Å². The van der Waals surface area contributed by atoms with Crippen molar-refractivity contribution in [2.75, 3.05) is 33.3 Å². The second-order valence-corrected chi connectivity index (χ2v) is 8.06. The van der Waals surface area contributed by atoms with Gasteiger partial charge in [-0.15, -0.1) is 0 Å². The summed E-state index contributed by atoms with van der Waals surface area (Å²) in [7, 11) is 7.82. The van der Waals surface area contributed by atoms with Crippen LogP contribution in [0.2, 0.25) is 0 Å². The highest BCUT2D eigenvalue weighted by Crippen LogP contribution is 2.46. The molecule has 0 amide bonds. The van der Waals surface area contributed by atoms with Crippen LogP contribution in [0.4, 0.5) is 11.4 Å². The van der Waals surface area contributed by atoms with Crippen LogP contribution in [0.1, 0.15) is 25.0 Å². The van der Waals surface area contributed by atoms with E-state index in [-0.39, 0.29) is 0 Å². The average molecular weight is 402 g/mol. The van der Waals surface area contributed by atoms with Crippen LogP contribution in [-0.4, -0.2) is 42.8 Å². The number of para-hydroxylation sites is 2. The fourth-order valence-electron chi connectivity index (χ4n) is 4.58. The van der Waals surface area contributed by atoms with E-state index in [9.17, 15) is 10.1 Å². The minimum atomic E-state index is 0.388. The first-order valence-electron chi connectivity index (χ1n) is 9.90. The van der Waals surface area contributed by atoms with Crippen molar-refractivity contribution in [1.29, 1.82) is 0 Å². The Morgan fingerprint density at radius 3 is 1.97 bits per heavy atom. The molecule has 2 aromatic carbocycles. The van der Waals surface area contributed by atoms with Crippen molar-refractivity contribution in [3.63, 3.8) is 0 Å². The third-order valence-corrected chi connectivity index (χ3v) is 5.70. The molecule has 0 N–H and O–H groups in total. The summed E-state index contributed by atoms with van der Waals surface area (Å²) in [6, 6.07) is 15.0. The summed E-state index contributed by atoms with van der Waals surface area (Å²) in [6.45, 7) is 3.82. The van der Waals surface area contributed by atoms with Crippen molar-refractivity contribution in [2.24, 2.45) is 0 Å². The van der Waals surface area contributed by atoms with Gasteiger partial charge in [0.25, 0.3) is 11.4 Å². The molecule has 0 saturated heterocycles. The standard InChI is InChI=1S/C24H26N4O2/c1-15-21(25(3)4)17-11-7-9-13-19(17)27(29)23(15)24-16(2)22(26(5)6)18-12-8-10-14-20(18)28(24)30/h7-14H,1-6H3. The molecule has 0 saturated carbocycles. The van der Waals surface area contributed by atoms with Crippen LogP contribution in [0, 0.1) is 10.1 Å². The molecule has 4 rings (SSSR count). The second-order valence-electron chi connectivity index (χ2n) is 8.06. The van der Waals surface area contributed by atoms with E-state index in [0.29, 0.717) is 22.8 Å². The Labute approximate surface area is 177 Å². The van der Waals surface area contributed by atoms with Gasteiger partial charge in [0.1, 0.15) is 5.70 Å². The molecule has 0 aliphatic carbocycles. The van der Waals surface area contributed by atoms with Crippen LogP contribution < -0.4 is 5.06 Å². The monoisotopic (exact) mass is 402 g/mol. The molecule has 0 fully saturated rings. The summed E-state index contributed by atoms with van der Waals surface area (Å²) in [5.74, 6) is 0. The van der Waals surface area contributed by atoms with Gasteiger partial charge >= 0.3 is 0 Å². The Morgan fingerprint density at radius 2 is 1.33 bits per heavy atom. The van der Waals surface area contributed by atoms with Crippen LogP contribution in [0.5, 0.6) is 0 Å². The highest BCUT2D eigenvalue weighted by atomic mass is 16.5. The van der Waals surface area contributed by atoms with E-state index >= 15 is 0 Å². The van der Waals surface area contributed by atoms with E-state index in [2.05, 4.69) is 0 Å². The predicted octanol–water partition coefficient (Wildman–Crippen LogP) is 4.93. The highest BCUT2D eigenvalue weighted by Gasteiger charge is 2.41. The lowest BCUT2D eigenvalue weighted by atomic mass is 9.91. The minimum absolute atomic E-state index is 0.388. The van der Waals surface area contributed by atoms with E-state index in [0.717, 1.165) is 43.5 Å². The number of fused-ring (bicyclic) bond motifs is 2. The largest absolute Gasteiger partial charge is 0.754 e. The van der Waals surface area contributed by atoms with Gasteiger partial charge in [0.05, 0.1) is 27.3 Å². The van der Waals surface area contributed by atoms with Gasteiger partial charge in [-0.05, 0) is 26.0 Å². The van der Waals surface area contributed by atoms with Gasteiger partial charge in [-0.1, -0.05) is 30.3 Å². The van der Waals surface area contributed by atoms with Gasteiger partial charge in [-0.25, -0.2) is 0 Å². The molecule has 2 aliphatic heterocycles. The van der Waals surface area contributed by atoms with Crippen LogP contribution >= 0.6 is 0 Å². The van der Waals surface area contributed by atoms with E-state index in [1.807, 2.05) is 88.2 Å². The highest BCUT2D eigenvalue weighted by molar-refractivity contribution is 5.88. The fraction of sp³-hybridized carbons (Fsp3) is 0.250. The summed E-state index contributed by atoms with van der Waals surface area (Å²) < 4.78 is 0.905. The first-order chi connectivity index (χ1) is 14.3. The normalized spacial score (nSPS) is 18.5. The number of nitrogens with zero attached hydrogens (tertiary/aromatic N) is 4. The van der Waals surface area contributed by atoms with E-state index < -0.39 is 0 Å². The molecule has 2 aliphatic rings. The molecule has 0 bridgehead atoms. The van der Waals surface area contributed by atoms with Crippen molar-refractivity contribution in [2.45, 2.75) is 13.8 Å². The van der Waals surface area contributed by atoms with E-state index in [4.69, 9.17) is 0 Å². The van der Waals surface area contributed by atoms with Crippen molar-refractivity contribution in [1.82, 2.24) is 9.80 Å². The zero-order valence-electron chi connectivity index (χ0n) is 18.2. The average Bonchev–Trinajstić information content (AvgIpc) is 2.70. The first-order valence-corrected chi connectivity index (χ1v) is 9.90. The molecule has 2 aromatic rings. The fourth-order valence-corrected chi connectivity index (χ4v) is 4.58. The van der Waals surface area contributed by atoms with Gasteiger partial charge in [0.2, 0.25) is 0 Å². The number of rotatable bonds is 2. The van der Waals surface area contributed by atoms with Crippen LogP contribution in [0.3, 0.4) is 0 Å². The van der Waals surface area contributed by atoms with Crippen LogP contribution in [0.15, 0.2) is 71.1 Å². The molecule has 30 heavy (non-hydrogen) atoms. The lowest BCUT2D eigenvalue weighted by Gasteiger charge is -2.41. The Bertz CT molecular complexity index is 1160. The van der Waals surface area contributed by atoms with E-state index in [1.165, 1.54) is 0 Å². The third-order valence-electron chi connectivity index (χ3n) is 5.70. The molecular formula is C24H26N4O2. The maximum absolute atomic E-state index is 13.6. The SMILES string of the molecule is CC1=C(N(C)C)c2ccccc2N([O-])C1=C1C(C)=C(N(C)C)c2ccccc2[N+]1=O. The Balaban J connectivity index is 2.11. The van der Waals surface area contributed by atoms with Crippen LogP contribution in [0.25, 0.3) is 11.4 Å². The summed E-state index contributed by atoms with van der Waals surface area (Å²) in [5.41, 5.74) is 7.02. The molecule has 154 valence electrons. The number of hydroxylamine groups is 1. The second kappa shape index (κ2) is 7.15. The molecule has 0 atom stereocenters. The van der Waals surface area contributed by atoms with Gasteiger partial charge in [-0.3, -0.25) is 0 Å². The number of hydrogen-bond acceptors (Lipinski definition) is 5. The quantitative estimate of drug-likeness (QED) is 0.667. The Morgan fingerprint density at radius 1 is 0.800 bits per heavy atom. The molecular weight excluding hydrogens is 376 g/mol. The topological polar surface area (TPSA) is 52.9 Å². The minimum Gasteiger partial charge on any atom is -0.754 e. The first kappa shape index (κ1) is 19.9. The Hall–Kier alpha value is -3.38. The van der Waals surface area contributed by atoms with Crippen LogP contribution in [-0.2, 0) is 0 Å². The number of nitroso groups, excluding NO2 is 1. The summed E-state index contributed by atoms with van der Waals surface area (Å²) in [6.07, 6.45) is 0. The van der Waals surface area contributed by atoms with E-state index in [1.54, 1.807) is 12.1 Å². The zero-order valence-corrected chi connectivity index (χ0v) is 18.2. The molecule has 0 spiro atoms. The van der Waals surface area contributed by atoms with Gasteiger partial charge in [-0.2, -0.15) is 0 Å². The maximum Gasteiger partial charge on any atom is 0.291 e. The molecule has 6 heteroatoms. The number of anilines is 1. The van der Waals surface area contributed by atoms with Gasteiger partial charge in [0, 0.05) is 56.0 Å². The molecule has 0 unspecified atom stereocenters. The lowest BCUT2D eigenvalue weighted by molar-refractivity contribution is -0.405. The third kappa shape index (κ3) is 2.75. The molecule has 6 nitrogen and oxygen atoms in total. The van der Waals surface area contributed by atoms with Crippen molar-refractivity contribution in [3.8, 4) is 0 Å². The predicted molar refractivity (Wildman–Crippen MR) is 122 cm³/mol. The zero-order chi connectivity index (χ0) is 21.7. The van der Waals surface area contributed by atoms with Crippen molar-refractivity contribution < 1.29 is 4.76 Å². The smallest absolute Gasteiger partial charge is 0.291 e. The molecule has 0 aromatic heterocycles. The number of allylic oxidation sites excluding steroid dienone is 2.